The zero-order valence-corrected chi connectivity index (χ0v) is 19.6. The predicted molar refractivity (Wildman–Crippen MR) is 118 cm³/mol. The van der Waals surface area contributed by atoms with Gasteiger partial charge in [0.05, 0.1) is 5.92 Å². The number of rotatable bonds is 8. The van der Waals surface area contributed by atoms with Crippen molar-refractivity contribution in [2.24, 2.45) is 5.92 Å². The number of aromatic amines is 1. The van der Waals surface area contributed by atoms with Crippen molar-refractivity contribution in [3.8, 4) is 11.6 Å². The lowest BCUT2D eigenvalue weighted by atomic mass is 9.83. The fourth-order valence-corrected chi connectivity index (χ4v) is 4.72. The molecular formula is C24H28F3N3O6. The van der Waals surface area contributed by atoms with E-state index in [1.165, 1.54) is 12.1 Å². The largest absolute Gasteiger partial charge is 0.573 e. The normalized spacial score (nSPS) is 21.0. The summed E-state index contributed by atoms with van der Waals surface area (Å²) < 4.78 is 56.9. The average Bonchev–Trinajstić information content (AvgIpc) is 3.33. The van der Waals surface area contributed by atoms with E-state index in [1.807, 2.05) is 0 Å². The number of nitrogens with zero attached hydrogens (tertiary/aromatic N) is 2. The Morgan fingerprint density at radius 2 is 1.64 bits per heavy atom. The summed E-state index contributed by atoms with van der Waals surface area (Å²) in [5, 5.41) is 9.90. The third-order valence-corrected chi connectivity index (χ3v) is 6.59. The zero-order chi connectivity index (χ0) is 25.5. The molecule has 0 aliphatic heterocycles. The number of ether oxygens (including phenoxy) is 4. The lowest BCUT2D eigenvalue weighted by Gasteiger charge is -2.28. The SMILES string of the molecule is O=C(OCOC(=O)C1CCCCC1)c1[nH]nnc1OC1CCC(c2ccc(OC(F)(F)F)cc2)CC1. The van der Waals surface area contributed by atoms with E-state index in [2.05, 4.69) is 20.1 Å². The fraction of sp³-hybridized carbons (Fsp3) is 0.583. The van der Waals surface area contributed by atoms with Crippen molar-refractivity contribution in [1.82, 2.24) is 15.4 Å². The maximum Gasteiger partial charge on any atom is 0.573 e. The Hall–Kier alpha value is -3.31. The Labute approximate surface area is 205 Å². The van der Waals surface area contributed by atoms with Crippen molar-refractivity contribution in [3.05, 3.63) is 35.5 Å². The van der Waals surface area contributed by atoms with Crippen LogP contribution < -0.4 is 9.47 Å². The van der Waals surface area contributed by atoms with Gasteiger partial charge in [-0.2, -0.15) is 0 Å². The Bertz CT molecular complexity index is 1010. The lowest BCUT2D eigenvalue weighted by molar-refractivity contribution is -0.274. The van der Waals surface area contributed by atoms with Crippen LogP contribution in [-0.2, 0) is 14.3 Å². The number of alkyl halides is 3. The highest BCUT2D eigenvalue weighted by Gasteiger charge is 2.31. The third-order valence-electron chi connectivity index (χ3n) is 6.59. The molecule has 2 fully saturated rings. The molecule has 4 rings (SSSR count). The number of hydrogen-bond acceptors (Lipinski definition) is 8. The molecule has 0 bridgehead atoms. The molecular weight excluding hydrogens is 483 g/mol. The number of carbonyl (C=O) groups excluding carboxylic acids is 2. The molecule has 36 heavy (non-hydrogen) atoms. The highest BCUT2D eigenvalue weighted by Crippen LogP contribution is 2.36. The monoisotopic (exact) mass is 511 g/mol. The molecule has 2 aliphatic carbocycles. The van der Waals surface area contributed by atoms with Gasteiger partial charge in [-0.05, 0) is 62.1 Å². The summed E-state index contributed by atoms with van der Waals surface area (Å²) >= 11 is 0. The minimum atomic E-state index is -4.72. The van der Waals surface area contributed by atoms with Gasteiger partial charge in [0.2, 0.25) is 12.5 Å². The standard InChI is InChI=1S/C24H28F3N3O6/c25-24(26,27)36-19-12-8-16(9-13-19)15-6-10-18(11-7-15)35-21-20(28-30-29-21)23(32)34-14-33-22(31)17-4-2-1-3-5-17/h8-9,12-13,15,17-18H,1-7,10-11,14H2,(H,28,29,30). The van der Waals surface area contributed by atoms with Crippen LogP contribution in [0, 0.1) is 5.92 Å². The summed E-state index contributed by atoms with van der Waals surface area (Å²) in [4.78, 5) is 24.5. The van der Waals surface area contributed by atoms with Gasteiger partial charge in [-0.1, -0.05) is 41.7 Å². The van der Waals surface area contributed by atoms with Gasteiger partial charge in [0.15, 0.2) is 0 Å². The summed E-state index contributed by atoms with van der Waals surface area (Å²) in [6, 6.07) is 5.90. The summed E-state index contributed by atoms with van der Waals surface area (Å²) in [5.74, 6) is -1.37. The number of aromatic nitrogens is 3. The van der Waals surface area contributed by atoms with E-state index >= 15 is 0 Å². The topological polar surface area (TPSA) is 113 Å². The van der Waals surface area contributed by atoms with Crippen LogP contribution >= 0.6 is 0 Å². The second-order valence-electron chi connectivity index (χ2n) is 9.05. The van der Waals surface area contributed by atoms with E-state index in [4.69, 9.17) is 14.2 Å². The summed E-state index contributed by atoms with van der Waals surface area (Å²) in [7, 11) is 0. The van der Waals surface area contributed by atoms with Crippen molar-refractivity contribution < 1.29 is 41.7 Å². The van der Waals surface area contributed by atoms with Gasteiger partial charge in [-0.15, -0.1) is 13.2 Å². The molecule has 12 heteroatoms. The van der Waals surface area contributed by atoms with E-state index in [1.54, 1.807) is 12.1 Å². The number of esters is 2. The summed E-state index contributed by atoms with van der Waals surface area (Å²) in [5.41, 5.74) is 0.863. The first-order valence-electron chi connectivity index (χ1n) is 12.1. The van der Waals surface area contributed by atoms with Crippen LogP contribution in [-0.4, -0.2) is 46.6 Å². The number of nitrogens with one attached hydrogen (secondary N) is 1. The summed E-state index contributed by atoms with van der Waals surface area (Å²) in [6.07, 6.45) is 2.55. The molecule has 2 aromatic rings. The van der Waals surface area contributed by atoms with Crippen LogP contribution in [0.25, 0.3) is 0 Å². The van der Waals surface area contributed by atoms with Crippen LogP contribution in [0.4, 0.5) is 13.2 Å². The Balaban J connectivity index is 1.22. The first-order valence-corrected chi connectivity index (χ1v) is 12.1. The molecule has 1 heterocycles. The van der Waals surface area contributed by atoms with Gasteiger partial charge in [-0.3, -0.25) is 4.79 Å². The lowest BCUT2D eigenvalue weighted by Crippen LogP contribution is -2.25. The Kier molecular flexibility index (Phi) is 8.32. The highest BCUT2D eigenvalue weighted by molar-refractivity contribution is 5.89. The second-order valence-corrected chi connectivity index (χ2v) is 9.05. The highest BCUT2D eigenvalue weighted by atomic mass is 19.4. The minimum Gasteiger partial charge on any atom is -0.472 e. The third kappa shape index (κ3) is 7.11. The van der Waals surface area contributed by atoms with Crippen LogP contribution in [0.3, 0.4) is 0 Å². The molecule has 9 nitrogen and oxygen atoms in total. The first kappa shape index (κ1) is 25.8. The van der Waals surface area contributed by atoms with Crippen LogP contribution in [0.5, 0.6) is 11.6 Å². The second kappa shape index (κ2) is 11.6. The number of benzene rings is 1. The van der Waals surface area contributed by atoms with Crippen molar-refractivity contribution in [2.75, 3.05) is 6.79 Å². The fourth-order valence-electron chi connectivity index (χ4n) is 4.72. The van der Waals surface area contributed by atoms with Crippen molar-refractivity contribution in [1.29, 1.82) is 0 Å². The smallest absolute Gasteiger partial charge is 0.472 e. The number of carbonyl (C=O) groups is 2. The first-order chi connectivity index (χ1) is 17.3. The maximum atomic E-state index is 12.4. The molecule has 0 unspecified atom stereocenters. The molecule has 0 amide bonds. The average molecular weight is 511 g/mol. The molecule has 0 radical (unpaired) electrons. The van der Waals surface area contributed by atoms with Gasteiger partial charge in [-0.25, -0.2) is 9.89 Å². The van der Waals surface area contributed by atoms with Crippen LogP contribution in [0.1, 0.15) is 79.8 Å². The molecule has 2 saturated carbocycles. The van der Waals surface area contributed by atoms with Crippen molar-refractivity contribution >= 4 is 11.9 Å². The molecule has 1 N–H and O–H groups in total. The Morgan fingerprint density at radius 1 is 0.944 bits per heavy atom. The van der Waals surface area contributed by atoms with Crippen LogP contribution in [0.15, 0.2) is 24.3 Å². The minimum absolute atomic E-state index is 0.00992. The zero-order valence-electron chi connectivity index (χ0n) is 19.6. The van der Waals surface area contributed by atoms with Gasteiger partial charge < -0.3 is 18.9 Å². The molecule has 2 aliphatic rings. The van der Waals surface area contributed by atoms with Gasteiger partial charge >= 0.3 is 18.3 Å². The molecule has 0 spiro atoms. The molecule has 196 valence electrons. The quantitative estimate of drug-likeness (QED) is 0.387. The van der Waals surface area contributed by atoms with Gasteiger partial charge in [0.25, 0.3) is 5.88 Å². The summed E-state index contributed by atoms with van der Waals surface area (Å²) in [6.45, 7) is -0.496. The maximum absolute atomic E-state index is 12.4. The van der Waals surface area contributed by atoms with Gasteiger partial charge in [0.1, 0.15) is 11.9 Å². The van der Waals surface area contributed by atoms with E-state index in [0.29, 0.717) is 12.8 Å². The van der Waals surface area contributed by atoms with Crippen molar-refractivity contribution in [3.63, 3.8) is 0 Å². The molecule has 1 aromatic carbocycles. The predicted octanol–water partition coefficient (Wildman–Crippen LogP) is 5.05. The molecule has 0 atom stereocenters. The Morgan fingerprint density at radius 3 is 2.31 bits per heavy atom. The van der Waals surface area contributed by atoms with E-state index in [9.17, 15) is 22.8 Å². The number of halogens is 3. The van der Waals surface area contributed by atoms with E-state index in [0.717, 1.165) is 50.5 Å². The van der Waals surface area contributed by atoms with E-state index in [-0.39, 0.29) is 41.2 Å². The van der Waals surface area contributed by atoms with Crippen molar-refractivity contribution in [2.45, 2.75) is 76.2 Å². The molecule has 1 aromatic heterocycles. The van der Waals surface area contributed by atoms with E-state index < -0.39 is 19.1 Å². The number of H-pyrrole nitrogens is 1. The van der Waals surface area contributed by atoms with Crippen LogP contribution in [0.2, 0.25) is 0 Å². The number of hydrogen-bond donors (Lipinski definition) is 1. The molecule has 0 saturated heterocycles. The van der Waals surface area contributed by atoms with Gasteiger partial charge in [0, 0.05) is 0 Å².